The van der Waals surface area contributed by atoms with Gasteiger partial charge in [-0.1, -0.05) is 74.5 Å². The maximum atomic E-state index is 7.00. The molecule has 3 aromatic carbocycles. The minimum atomic E-state index is 0.269. The highest BCUT2D eigenvalue weighted by atomic mass is 16.5. The molecule has 0 bridgehead atoms. The topological polar surface area (TPSA) is 41.9 Å². The summed E-state index contributed by atoms with van der Waals surface area (Å²) in [5.74, 6) is 2.49. The summed E-state index contributed by atoms with van der Waals surface area (Å²) in [7, 11) is 5.17. The van der Waals surface area contributed by atoms with Crippen LogP contribution in [0.15, 0.2) is 78.9 Å². The first-order valence-corrected chi connectivity index (χ1v) is 11.8. The molecule has 0 fully saturated rings. The number of para-hydroxylation sites is 1. The largest absolute Gasteiger partial charge is 0.494 e. The lowest BCUT2D eigenvalue weighted by molar-refractivity contribution is 0.249. The highest BCUT2D eigenvalue weighted by Gasteiger charge is 2.33. The quantitative estimate of drug-likeness (QED) is 0.452. The molecule has 0 aromatic heterocycles. The number of nitrogens with zero attached hydrogens (tertiary/aromatic N) is 1. The van der Waals surface area contributed by atoms with E-state index in [9.17, 15) is 0 Å². The average molecular weight is 450 g/mol. The third kappa shape index (κ3) is 7.34. The smallest absolute Gasteiger partial charge is 0.123 e. The molecule has 0 radical (unpaired) electrons. The molecule has 1 aliphatic heterocycles. The van der Waals surface area contributed by atoms with Gasteiger partial charge in [-0.15, -0.1) is 0 Å². The van der Waals surface area contributed by atoms with Gasteiger partial charge in [-0.3, -0.25) is 0 Å². The number of hydrogen-bond acceptors (Lipinski definition) is 4. The van der Waals surface area contributed by atoms with Crippen LogP contribution in [0, 0.1) is 0 Å². The Morgan fingerprint density at radius 3 is 2.15 bits per heavy atom. The lowest BCUT2D eigenvalue weighted by Gasteiger charge is -2.34. The van der Waals surface area contributed by atoms with E-state index in [4.69, 9.17) is 14.6 Å². The molecule has 1 aliphatic rings. The minimum Gasteiger partial charge on any atom is -0.494 e. The van der Waals surface area contributed by atoms with Crippen molar-refractivity contribution in [2.24, 2.45) is 0 Å². The summed E-state index contributed by atoms with van der Waals surface area (Å²) in [6, 6.07) is 27.7. The fraction of sp³-hybridized carbons (Fsp3) is 0.379. The van der Waals surface area contributed by atoms with Crippen LogP contribution in [0.1, 0.15) is 48.8 Å². The lowest BCUT2D eigenvalue weighted by atomic mass is 9.76. The Bertz CT molecular complexity index is 910. The molecule has 0 saturated heterocycles. The third-order valence-electron chi connectivity index (χ3n) is 5.56. The van der Waals surface area contributed by atoms with Gasteiger partial charge >= 0.3 is 0 Å². The summed E-state index contributed by atoms with van der Waals surface area (Å²) >= 11 is 0. The molecule has 0 saturated carbocycles. The predicted octanol–water partition coefficient (Wildman–Crippen LogP) is 5.96. The van der Waals surface area contributed by atoms with E-state index in [0.717, 1.165) is 38.2 Å². The van der Waals surface area contributed by atoms with Gasteiger partial charge in [-0.05, 0) is 49.8 Å². The van der Waals surface area contributed by atoms with Gasteiger partial charge in [-0.2, -0.15) is 0 Å². The van der Waals surface area contributed by atoms with E-state index in [0.29, 0.717) is 6.61 Å². The lowest BCUT2D eigenvalue weighted by Crippen LogP contribution is -2.25. The van der Waals surface area contributed by atoms with Crippen LogP contribution in [0.3, 0.4) is 0 Å². The van der Waals surface area contributed by atoms with Crippen LogP contribution in [-0.4, -0.2) is 51.0 Å². The molecule has 4 heteroatoms. The Morgan fingerprint density at radius 1 is 0.848 bits per heavy atom. The highest BCUT2D eigenvalue weighted by molar-refractivity contribution is 5.48. The van der Waals surface area contributed by atoms with Gasteiger partial charge in [0.2, 0.25) is 0 Å². The Hall–Kier alpha value is -2.82. The van der Waals surface area contributed by atoms with Crippen molar-refractivity contribution in [1.29, 1.82) is 0 Å². The average Bonchev–Trinajstić information content (AvgIpc) is 2.89. The number of benzene rings is 3. The molecule has 4 nitrogen and oxygen atoms in total. The second-order valence-electron chi connectivity index (χ2n) is 7.92. The first kappa shape index (κ1) is 26.4. The first-order valence-electron chi connectivity index (χ1n) is 11.8. The number of ether oxygens (including phenoxy) is 2. The van der Waals surface area contributed by atoms with Crippen molar-refractivity contribution in [1.82, 2.24) is 4.90 Å². The molecule has 4 rings (SSSR count). The van der Waals surface area contributed by atoms with Crippen LogP contribution >= 0.6 is 0 Å². The van der Waals surface area contributed by atoms with Crippen LogP contribution in [0.25, 0.3) is 0 Å². The molecule has 0 spiro atoms. The van der Waals surface area contributed by atoms with Crippen LogP contribution in [-0.2, 0) is 0 Å². The zero-order chi connectivity index (χ0) is 24.1. The molecule has 2 unspecified atom stereocenters. The number of hydrogen-bond donors (Lipinski definition) is 1. The van der Waals surface area contributed by atoms with Gasteiger partial charge in [0.15, 0.2) is 0 Å². The van der Waals surface area contributed by atoms with E-state index in [1.54, 1.807) is 0 Å². The van der Waals surface area contributed by atoms with Crippen molar-refractivity contribution in [3.05, 3.63) is 95.6 Å². The summed E-state index contributed by atoms with van der Waals surface area (Å²) in [5, 5.41) is 7.00. The standard InChI is InChI=1S/C26H29NO2.C2H6.CH4O/c1-27(2)17-8-18-28-22-15-13-21(14-16-22)26-23-11-6-7-12-25(23)29-19-24(26)20-9-4-3-5-10-20;2*1-2/h3-7,9-16,24,26H,8,17-19H2,1-2H3;1-2H3;2H,1H3. The highest BCUT2D eigenvalue weighted by Crippen LogP contribution is 2.46. The zero-order valence-electron chi connectivity index (χ0n) is 20.7. The number of aliphatic hydroxyl groups excluding tert-OH is 1. The van der Waals surface area contributed by atoms with Crippen molar-refractivity contribution in [2.75, 3.05) is 41.0 Å². The molecule has 3 aromatic rings. The van der Waals surface area contributed by atoms with Crippen LogP contribution in [0.4, 0.5) is 0 Å². The van der Waals surface area contributed by atoms with E-state index in [2.05, 4.69) is 91.8 Å². The fourth-order valence-corrected chi connectivity index (χ4v) is 4.10. The summed E-state index contributed by atoms with van der Waals surface area (Å²) in [6.07, 6.45) is 1.03. The van der Waals surface area contributed by atoms with Crippen molar-refractivity contribution in [2.45, 2.75) is 32.1 Å². The second kappa shape index (κ2) is 14.4. The molecule has 33 heavy (non-hydrogen) atoms. The SMILES string of the molecule is CC.CN(C)CCCOc1ccc(C2c3ccccc3OCC2c2ccccc2)cc1.CO. The van der Waals surface area contributed by atoms with Crippen LogP contribution in [0.2, 0.25) is 0 Å². The summed E-state index contributed by atoms with van der Waals surface area (Å²) in [4.78, 5) is 2.18. The summed E-state index contributed by atoms with van der Waals surface area (Å²) in [5.41, 5.74) is 3.87. The maximum absolute atomic E-state index is 7.00. The molecule has 2 atom stereocenters. The molecule has 0 aliphatic carbocycles. The third-order valence-corrected chi connectivity index (χ3v) is 5.56. The van der Waals surface area contributed by atoms with E-state index in [-0.39, 0.29) is 11.8 Å². The molecular weight excluding hydrogens is 410 g/mol. The van der Waals surface area contributed by atoms with E-state index in [1.165, 1.54) is 16.7 Å². The van der Waals surface area contributed by atoms with E-state index < -0.39 is 0 Å². The fourth-order valence-electron chi connectivity index (χ4n) is 4.10. The normalized spacial score (nSPS) is 16.3. The van der Waals surface area contributed by atoms with Gasteiger partial charge in [0.05, 0.1) is 13.2 Å². The van der Waals surface area contributed by atoms with Crippen LogP contribution < -0.4 is 9.47 Å². The molecule has 0 amide bonds. The van der Waals surface area contributed by atoms with Crippen molar-refractivity contribution in [3.63, 3.8) is 0 Å². The van der Waals surface area contributed by atoms with E-state index >= 15 is 0 Å². The Morgan fingerprint density at radius 2 is 1.48 bits per heavy atom. The van der Waals surface area contributed by atoms with E-state index in [1.807, 2.05) is 19.9 Å². The predicted molar refractivity (Wildman–Crippen MR) is 138 cm³/mol. The number of rotatable bonds is 7. The molecular formula is C29H39NO3. The number of aliphatic hydroxyl groups is 1. The second-order valence-corrected chi connectivity index (χ2v) is 7.92. The Balaban J connectivity index is 0.000000914. The summed E-state index contributed by atoms with van der Waals surface area (Å²) < 4.78 is 12.1. The monoisotopic (exact) mass is 449 g/mol. The Labute approximate surface area is 199 Å². The van der Waals surface area contributed by atoms with Gasteiger partial charge in [-0.25, -0.2) is 0 Å². The zero-order valence-corrected chi connectivity index (χ0v) is 20.7. The number of fused-ring (bicyclic) bond motifs is 1. The van der Waals surface area contributed by atoms with Crippen molar-refractivity contribution in [3.8, 4) is 11.5 Å². The van der Waals surface area contributed by atoms with Crippen LogP contribution in [0.5, 0.6) is 11.5 Å². The molecule has 1 heterocycles. The minimum absolute atomic E-state index is 0.269. The molecule has 178 valence electrons. The maximum Gasteiger partial charge on any atom is 0.123 e. The van der Waals surface area contributed by atoms with Gasteiger partial charge in [0.1, 0.15) is 11.5 Å². The van der Waals surface area contributed by atoms with Crippen molar-refractivity contribution < 1.29 is 14.6 Å². The van der Waals surface area contributed by atoms with Gasteiger partial charge < -0.3 is 19.5 Å². The first-order chi connectivity index (χ1) is 16.2. The Kier molecular flexibility index (Phi) is 11.5. The molecule has 1 N–H and O–H groups in total. The van der Waals surface area contributed by atoms with Gasteiger partial charge in [0, 0.05) is 31.1 Å². The summed E-state index contributed by atoms with van der Waals surface area (Å²) in [6.45, 7) is 6.47. The van der Waals surface area contributed by atoms with Gasteiger partial charge in [0.25, 0.3) is 0 Å². The van der Waals surface area contributed by atoms with Crippen molar-refractivity contribution >= 4 is 0 Å².